The van der Waals surface area contributed by atoms with Crippen LogP contribution in [-0.2, 0) is 9.53 Å². The maximum atomic E-state index is 12.0. The van der Waals surface area contributed by atoms with E-state index in [4.69, 9.17) is 4.74 Å². The van der Waals surface area contributed by atoms with Crippen molar-refractivity contribution in [3.05, 3.63) is 35.4 Å². The fourth-order valence-corrected chi connectivity index (χ4v) is 2.07. The lowest BCUT2D eigenvalue weighted by Gasteiger charge is -2.25. The average Bonchev–Trinajstić information content (AvgIpc) is 2.39. The van der Waals surface area contributed by atoms with E-state index in [1.807, 2.05) is 19.1 Å². The normalized spacial score (nSPS) is 21.3. The summed E-state index contributed by atoms with van der Waals surface area (Å²) in [5.41, 5.74) is 2.33. The first kappa shape index (κ1) is 13.1. The number of ether oxygens (including phenoxy) is 1. The van der Waals surface area contributed by atoms with Crippen molar-refractivity contribution in [2.75, 3.05) is 19.8 Å². The molecule has 2 atom stereocenters. The monoisotopic (exact) mass is 248 g/mol. The SMILES string of the molecule is Cc1cccc([C@@H](C)NC(=O)C2COCCN2)c1. The van der Waals surface area contributed by atoms with Crippen LogP contribution in [0.5, 0.6) is 0 Å². The molecule has 0 bridgehead atoms. The first-order valence-electron chi connectivity index (χ1n) is 6.35. The highest BCUT2D eigenvalue weighted by molar-refractivity contribution is 5.82. The van der Waals surface area contributed by atoms with Crippen LogP contribution in [-0.4, -0.2) is 31.7 Å². The van der Waals surface area contributed by atoms with E-state index in [9.17, 15) is 4.79 Å². The van der Waals surface area contributed by atoms with Crippen LogP contribution >= 0.6 is 0 Å². The number of carbonyl (C=O) groups excluding carboxylic acids is 1. The van der Waals surface area contributed by atoms with Crippen molar-refractivity contribution < 1.29 is 9.53 Å². The zero-order chi connectivity index (χ0) is 13.0. The molecule has 2 N–H and O–H groups in total. The van der Waals surface area contributed by atoms with Gasteiger partial charge in [-0.3, -0.25) is 4.79 Å². The summed E-state index contributed by atoms with van der Waals surface area (Å²) in [6.07, 6.45) is 0. The second-order valence-corrected chi connectivity index (χ2v) is 4.73. The molecule has 2 rings (SSSR count). The second kappa shape index (κ2) is 5.98. The Morgan fingerprint density at radius 3 is 3.06 bits per heavy atom. The summed E-state index contributed by atoms with van der Waals surface area (Å²) in [7, 11) is 0. The van der Waals surface area contributed by atoms with Crippen molar-refractivity contribution in [1.29, 1.82) is 0 Å². The standard InChI is InChI=1S/C14H20N2O2/c1-10-4-3-5-12(8-10)11(2)16-14(17)13-9-18-7-6-15-13/h3-5,8,11,13,15H,6-7,9H2,1-2H3,(H,16,17)/t11-,13?/m1/s1. The Hall–Kier alpha value is -1.39. The zero-order valence-electron chi connectivity index (χ0n) is 10.9. The lowest BCUT2D eigenvalue weighted by molar-refractivity contribution is -0.126. The van der Waals surface area contributed by atoms with E-state index in [1.165, 1.54) is 5.56 Å². The Labute approximate surface area is 108 Å². The van der Waals surface area contributed by atoms with Crippen molar-refractivity contribution in [2.45, 2.75) is 25.9 Å². The number of aryl methyl sites for hydroxylation is 1. The van der Waals surface area contributed by atoms with Crippen LogP contribution in [0.4, 0.5) is 0 Å². The maximum Gasteiger partial charge on any atom is 0.240 e. The number of benzene rings is 1. The van der Waals surface area contributed by atoms with E-state index < -0.39 is 0 Å². The van der Waals surface area contributed by atoms with Crippen LogP contribution < -0.4 is 10.6 Å². The van der Waals surface area contributed by atoms with Crippen molar-refractivity contribution in [3.63, 3.8) is 0 Å². The van der Waals surface area contributed by atoms with Gasteiger partial charge in [-0.15, -0.1) is 0 Å². The van der Waals surface area contributed by atoms with Crippen LogP contribution in [0.1, 0.15) is 24.1 Å². The van der Waals surface area contributed by atoms with Gasteiger partial charge in [-0.1, -0.05) is 29.8 Å². The molecule has 0 aromatic heterocycles. The van der Waals surface area contributed by atoms with Gasteiger partial charge >= 0.3 is 0 Å². The zero-order valence-corrected chi connectivity index (χ0v) is 10.9. The molecule has 1 aromatic carbocycles. The summed E-state index contributed by atoms with van der Waals surface area (Å²) in [6.45, 7) is 5.91. The number of carbonyl (C=O) groups is 1. The molecule has 1 aromatic rings. The highest BCUT2D eigenvalue weighted by Gasteiger charge is 2.22. The first-order chi connectivity index (χ1) is 8.66. The summed E-state index contributed by atoms with van der Waals surface area (Å²) in [4.78, 5) is 12.0. The van der Waals surface area contributed by atoms with Gasteiger partial charge in [0.1, 0.15) is 6.04 Å². The van der Waals surface area contributed by atoms with E-state index in [2.05, 4.69) is 29.7 Å². The third kappa shape index (κ3) is 3.31. The van der Waals surface area contributed by atoms with Crippen LogP contribution in [0.15, 0.2) is 24.3 Å². The van der Waals surface area contributed by atoms with E-state index >= 15 is 0 Å². The molecule has 1 aliphatic heterocycles. The summed E-state index contributed by atoms with van der Waals surface area (Å²) >= 11 is 0. The molecular formula is C14H20N2O2. The van der Waals surface area contributed by atoms with Gasteiger partial charge in [-0.2, -0.15) is 0 Å². The third-order valence-corrected chi connectivity index (χ3v) is 3.14. The van der Waals surface area contributed by atoms with Gasteiger partial charge in [0.15, 0.2) is 0 Å². The first-order valence-corrected chi connectivity index (χ1v) is 6.35. The largest absolute Gasteiger partial charge is 0.378 e. The predicted molar refractivity (Wildman–Crippen MR) is 70.3 cm³/mol. The molecule has 0 saturated carbocycles. The van der Waals surface area contributed by atoms with Gasteiger partial charge in [-0.25, -0.2) is 0 Å². The summed E-state index contributed by atoms with van der Waals surface area (Å²) < 4.78 is 5.29. The van der Waals surface area contributed by atoms with Gasteiger partial charge in [0.05, 0.1) is 19.3 Å². The highest BCUT2D eigenvalue weighted by atomic mass is 16.5. The highest BCUT2D eigenvalue weighted by Crippen LogP contribution is 2.13. The smallest absolute Gasteiger partial charge is 0.240 e. The minimum Gasteiger partial charge on any atom is -0.378 e. The second-order valence-electron chi connectivity index (χ2n) is 4.73. The van der Waals surface area contributed by atoms with Gasteiger partial charge in [0.25, 0.3) is 0 Å². The van der Waals surface area contributed by atoms with Crippen LogP contribution in [0, 0.1) is 6.92 Å². The van der Waals surface area contributed by atoms with Crippen LogP contribution in [0.2, 0.25) is 0 Å². The van der Waals surface area contributed by atoms with Crippen molar-refractivity contribution in [3.8, 4) is 0 Å². The van der Waals surface area contributed by atoms with E-state index in [0.717, 1.165) is 12.1 Å². The molecule has 1 amide bonds. The number of hydrogen-bond donors (Lipinski definition) is 2. The lowest BCUT2D eigenvalue weighted by atomic mass is 10.1. The molecule has 98 valence electrons. The topological polar surface area (TPSA) is 50.4 Å². The Morgan fingerprint density at radius 1 is 1.56 bits per heavy atom. The molecule has 18 heavy (non-hydrogen) atoms. The molecule has 1 aliphatic rings. The van der Waals surface area contributed by atoms with E-state index in [1.54, 1.807) is 0 Å². The molecule has 0 spiro atoms. The van der Waals surface area contributed by atoms with E-state index in [0.29, 0.717) is 13.2 Å². The molecule has 0 aliphatic carbocycles. The predicted octanol–water partition coefficient (Wildman–Crippen LogP) is 1.16. The molecule has 1 saturated heterocycles. The molecule has 0 radical (unpaired) electrons. The summed E-state index contributed by atoms with van der Waals surface area (Å²) in [6, 6.07) is 7.97. The summed E-state index contributed by atoms with van der Waals surface area (Å²) in [5.74, 6) is 0.00343. The number of rotatable bonds is 3. The van der Waals surface area contributed by atoms with Gasteiger partial charge < -0.3 is 15.4 Å². The lowest BCUT2D eigenvalue weighted by Crippen LogP contribution is -2.51. The van der Waals surface area contributed by atoms with Gasteiger partial charge in [0, 0.05) is 6.54 Å². The Balaban J connectivity index is 1.94. The molecule has 1 heterocycles. The Morgan fingerprint density at radius 2 is 2.39 bits per heavy atom. The summed E-state index contributed by atoms with van der Waals surface area (Å²) in [5, 5.41) is 6.16. The van der Waals surface area contributed by atoms with Gasteiger partial charge in [-0.05, 0) is 19.4 Å². The van der Waals surface area contributed by atoms with Crippen molar-refractivity contribution in [1.82, 2.24) is 10.6 Å². The number of hydrogen-bond acceptors (Lipinski definition) is 3. The van der Waals surface area contributed by atoms with Crippen LogP contribution in [0.25, 0.3) is 0 Å². The van der Waals surface area contributed by atoms with Crippen molar-refractivity contribution >= 4 is 5.91 Å². The molecule has 1 unspecified atom stereocenters. The Kier molecular flexibility index (Phi) is 4.33. The quantitative estimate of drug-likeness (QED) is 0.844. The van der Waals surface area contributed by atoms with Crippen molar-refractivity contribution in [2.24, 2.45) is 0 Å². The number of morpholine rings is 1. The molecule has 4 heteroatoms. The number of amides is 1. The van der Waals surface area contributed by atoms with Gasteiger partial charge in [0.2, 0.25) is 5.91 Å². The minimum atomic E-state index is -0.231. The Bertz CT molecular complexity index is 414. The number of nitrogens with one attached hydrogen (secondary N) is 2. The average molecular weight is 248 g/mol. The molecule has 1 fully saturated rings. The minimum absolute atomic E-state index is 0.00343. The fourth-order valence-electron chi connectivity index (χ4n) is 2.07. The molecule has 4 nitrogen and oxygen atoms in total. The fraction of sp³-hybridized carbons (Fsp3) is 0.500. The maximum absolute atomic E-state index is 12.0. The molecular weight excluding hydrogens is 228 g/mol. The van der Waals surface area contributed by atoms with E-state index in [-0.39, 0.29) is 18.0 Å². The third-order valence-electron chi connectivity index (χ3n) is 3.14. The van der Waals surface area contributed by atoms with Crippen LogP contribution in [0.3, 0.4) is 0 Å².